The molecule has 2 aromatic rings. The molecule has 2 atom stereocenters. The molecule has 4 rings (SSSR count). The largest absolute Gasteiger partial charge is 0.416 e. The Morgan fingerprint density at radius 2 is 1.92 bits per heavy atom. The minimum atomic E-state index is -4.38. The van der Waals surface area contributed by atoms with Gasteiger partial charge in [0.2, 0.25) is 0 Å². The smallest absolute Gasteiger partial charge is 0.340 e. The van der Waals surface area contributed by atoms with Crippen LogP contribution in [0.15, 0.2) is 30.5 Å². The maximum Gasteiger partial charge on any atom is 0.416 e. The van der Waals surface area contributed by atoms with Gasteiger partial charge in [-0.05, 0) is 61.8 Å². The maximum absolute atomic E-state index is 12.9. The zero-order chi connectivity index (χ0) is 17.8. The first-order chi connectivity index (χ1) is 11.8. The number of rotatable bonds is 3. The molecule has 25 heavy (non-hydrogen) atoms. The van der Waals surface area contributed by atoms with Gasteiger partial charge in [-0.3, -0.25) is 4.79 Å². The van der Waals surface area contributed by atoms with Gasteiger partial charge in [-0.2, -0.15) is 13.2 Å². The summed E-state index contributed by atoms with van der Waals surface area (Å²) in [5.74, 6) is 1.26. The Kier molecular flexibility index (Phi) is 3.60. The van der Waals surface area contributed by atoms with Gasteiger partial charge in [-0.1, -0.05) is 6.07 Å². The second-order valence-electron chi connectivity index (χ2n) is 6.81. The highest BCUT2D eigenvalue weighted by Gasteiger charge is 2.41. The summed E-state index contributed by atoms with van der Waals surface area (Å²) in [6, 6.07) is 5.10. The van der Waals surface area contributed by atoms with Crippen LogP contribution in [-0.4, -0.2) is 10.8 Å². The van der Waals surface area contributed by atoms with E-state index in [0.29, 0.717) is 28.9 Å². The fraction of sp³-hybridized carbons (Fsp3) is 0.368. The quantitative estimate of drug-likeness (QED) is 0.756. The normalized spacial score (nSPS) is 21.3. The zero-order valence-electron chi connectivity index (χ0n) is 13.7. The number of anilines is 2. The third-order valence-electron chi connectivity index (χ3n) is 5.24. The molecule has 0 radical (unpaired) electrons. The average Bonchev–Trinajstić information content (AvgIpc) is 3.16. The van der Waals surface area contributed by atoms with Gasteiger partial charge < -0.3 is 5.32 Å². The van der Waals surface area contributed by atoms with Crippen LogP contribution in [0.2, 0.25) is 0 Å². The van der Waals surface area contributed by atoms with Crippen molar-refractivity contribution < 1.29 is 18.0 Å². The standard InChI is InChI=1S/C19H17F3N2O/c1-10(25)15-9-23-18(17-12-6-5-11(7-12)16(15)17)24-14-4-2-3-13(8-14)19(20,21)22/h2-4,8-9,11-12H,5-7H2,1H3,(H,23,24). The van der Waals surface area contributed by atoms with E-state index < -0.39 is 11.7 Å². The van der Waals surface area contributed by atoms with Gasteiger partial charge in [-0.15, -0.1) is 0 Å². The molecule has 6 heteroatoms. The first kappa shape index (κ1) is 16.1. The van der Waals surface area contributed by atoms with Crippen LogP contribution in [0, 0.1) is 0 Å². The predicted octanol–water partition coefficient (Wildman–Crippen LogP) is 5.41. The van der Waals surface area contributed by atoms with E-state index in [1.54, 1.807) is 12.3 Å². The maximum atomic E-state index is 12.9. The number of ketones is 1. The van der Waals surface area contributed by atoms with E-state index >= 15 is 0 Å². The number of pyridine rings is 1. The van der Waals surface area contributed by atoms with E-state index in [0.717, 1.165) is 42.5 Å². The fourth-order valence-corrected chi connectivity index (χ4v) is 4.19. The molecule has 130 valence electrons. The van der Waals surface area contributed by atoms with Gasteiger partial charge in [0.25, 0.3) is 0 Å². The third-order valence-corrected chi connectivity index (χ3v) is 5.24. The van der Waals surface area contributed by atoms with Crippen molar-refractivity contribution in [2.45, 2.75) is 44.2 Å². The van der Waals surface area contributed by atoms with Crippen LogP contribution in [0.25, 0.3) is 0 Å². The number of halogens is 3. The molecule has 3 nitrogen and oxygen atoms in total. The first-order valence-electron chi connectivity index (χ1n) is 8.32. The monoisotopic (exact) mass is 346 g/mol. The zero-order valence-corrected chi connectivity index (χ0v) is 13.7. The molecule has 2 bridgehead atoms. The van der Waals surface area contributed by atoms with Crippen molar-refractivity contribution in [2.24, 2.45) is 0 Å². The lowest BCUT2D eigenvalue weighted by Crippen LogP contribution is -2.11. The minimum Gasteiger partial charge on any atom is -0.340 e. The Hall–Kier alpha value is -2.37. The van der Waals surface area contributed by atoms with Crippen molar-refractivity contribution in [2.75, 3.05) is 5.32 Å². The summed E-state index contributed by atoms with van der Waals surface area (Å²) < 4.78 is 38.7. The van der Waals surface area contributed by atoms with Crippen LogP contribution in [0.5, 0.6) is 0 Å². The van der Waals surface area contributed by atoms with Crippen LogP contribution in [0.3, 0.4) is 0 Å². The molecule has 0 saturated heterocycles. The van der Waals surface area contributed by atoms with E-state index in [-0.39, 0.29) is 5.78 Å². The molecule has 2 aliphatic rings. The van der Waals surface area contributed by atoms with E-state index in [9.17, 15) is 18.0 Å². The molecule has 1 aromatic heterocycles. The number of hydrogen-bond acceptors (Lipinski definition) is 3. The molecule has 0 aliphatic heterocycles. The average molecular weight is 346 g/mol. The SMILES string of the molecule is CC(=O)c1cnc(Nc2cccc(C(F)(F)F)c2)c2c1C1CCC2C1. The fourth-order valence-electron chi connectivity index (χ4n) is 4.19. The lowest BCUT2D eigenvalue weighted by Gasteiger charge is -2.21. The lowest BCUT2D eigenvalue weighted by atomic mass is 9.88. The van der Waals surface area contributed by atoms with E-state index in [4.69, 9.17) is 0 Å². The van der Waals surface area contributed by atoms with Crippen molar-refractivity contribution in [1.29, 1.82) is 0 Å². The molecule has 1 fully saturated rings. The third kappa shape index (κ3) is 2.69. The first-order valence-corrected chi connectivity index (χ1v) is 8.32. The van der Waals surface area contributed by atoms with Gasteiger partial charge >= 0.3 is 6.18 Å². The van der Waals surface area contributed by atoms with Gasteiger partial charge in [-0.25, -0.2) is 4.98 Å². The molecular weight excluding hydrogens is 329 g/mol. The molecule has 1 heterocycles. The van der Waals surface area contributed by atoms with E-state index in [1.165, 1.54) is 13.0 Å². The number of benzene rings is 1. The number of hydrogen-bond donors (Lipinski definition) is 1. The van der Waals surface area contributed by atoms with Crippen LogP contribution in [0.1, 0.15) is 65.1 Å². The lowest BCUT2D eigenvalue weighted by molar-refractivity contribution is -0.137. The van der Waals surface area contributed by atoms with Gasteiger partial charge in [0.1, 0.15) is 5.82 Å². The molecule has 1 saturated carbocycles. The highest BCUT2D eigenvalue weighted by molar-refractivity contribution is 5.96. The second-order valence-corrected chi connectivity index (χ2v) is 6.81. The van der Waals surface area contributed by atoms with Crippen molar-refractivity contribution in [1.82, 2.24) is 4.98 Å². The highest BCUT2D eigenvalue weighted by Crippen LogP contribution is 2.56. The van der Waals surface area contributed by atoms with E-state index in [2.05, 4.69) is 10.3 Å². The predicted molar refractivity (Wildman–Crippen MR) is 88.3 cm³/mol. The molecule has 2 unspecified atom stereocenters. The van der Waals surface area contributed by atoms with Crippen molar-refractivity contribution >= 4 is 17.3 Å². The van der Waals surface area contributed by atoms with Gasteiger partial charge in [0.15, 0.2) is 5.78 Å². The number of carbonyl (C=O) groups is 1. The molecule has 0 amide bonds. The number of Topliss-reactive ketones (excluding diaryl/α,β-unsaturated/α-hetero) is 1. The summed E-state index contributed by atoms with van der Waals surface area (Å²) in [6.07, 6.45) is 0.268. The van der Waals surface area contributed by atoms with Gasteiger partial charge in [0.05, 0.1) is 5.56 Å². The minimum absolute atomic E-state index is 0.0121. The van der Waals surface area contributed by atoms with Crippen LogP contribution in [-0.2, 0) is 6.18 Å². The van der Waals surface area contributed by atoms with Crippen LogP contribution in [0.4, 0.5) is 24.7 Å². The molecular formula is C19H17F3N2O. The number of nitrogens with one attached hydrogen (secondary N) is 1. The molecule has 2 aliphatic carbocycles. The summed E-state index contributed by atoms with van der Waals surface area (Å²) in [6.45, 7) is 1.53. The van der Waals surface area contributed by atoms with Crippen molar-refractivity contribution in [3.8, 4) is 0 Å². The number of aromatic nitrogens is 1. The Morgan fingerprint density at radius 1 is 1.20 bits per heavy atom. The van der Waals surface area contributed by atoms with Gasteiger partial charge in [0, 0.05) is 23.0 Å². The van der Waals surface area contributed by atoms with E-state index in [1.807, 2.05) is 0 Å². The molecule has 1 aromatic carbocycles. The summed E-state index contributed by atoms with van der Waals surface area (Å²) in [5, 5.41) is 3.05. The van der Waals surface area contributed by atoms with Crippen LogP contribution < -0.4 is 5.32 Å². The van der Waals surface area contributed by atoms with Crippen molar-refractivity contribution in [3.63, 3.8) is 0 Å². The summed E-state index contributed by atoms with van der Waals surface area (Å²) >= 11 is 0. The molecule has 1 N–H and O–H groups in total. The Morgan fingerprint density at radius 3 is 2.60 bits per heavy atom. The Labute approximate surface area is 143 Å². The van der Waals surface area contributed by atoms with Crippen molar-refractivity contribution in [3.05, 3.63) is 52.7 Å². The second kappa shape index (κ2) is 5.58. The topological polar surface area (TPSA) is 42.0 Å². The van der Waals surface area contributed by atoms with Crippen LogP contribution >= 0.6 is 0 Å². The number of fused-ring (bicyclic) bond motifs is 5. The highest BCUT2D eigenvalue weighted by atomic mass is 19.4. The summed E-state index contributed by atoms with van der Waals surface area (Å²) in [5.41, 5.74) is 2.37. The number of carbonyl (C=O) groups excluding carboxylic acids is 1. The molecule has 0 spiro atoms. The summed E-state index contributed by atoms with van der Waals surface area (Å²) in [7, 11) is 0. The summed E-state index contributed by atoms with van der Waals surface area (Å²) in [4.78, 5) is 16.3. The Balaban J connectivity index is 1.75. The number of nitrogens with zero attached hydrogens (tertiary/aromatic N) is 1. The number of alkyl halides is 3. The Bertz CT molecular complexity index is 860.